The van der Waals surface area contributed by atoms with Gasteiger partial charge in [-0.25, -0.2) is 0 Å². The van der Waals surface area contributed by atoms with Gasteiger partial charge in [0.05, 0.1) is 12.6 Å². The lowest BCUT2D eigenvalue weighted by Crippen LogP contribution is -2.34. The highest BCUT2D eigenvalue weighted by molar-refractivity contribution is 9.10. The molecule has 0 aromatic carbocycles. The van der Waals surface area contributed by atoms with Crippen molar-refractivity contribution in [1.29, 1.82) is 0 Å². The molecular weight excluding hydrogens is 292 g/mol. The van der Waals surface area contributed by atoms with Gasteiger partial charge in [0, 0.05) is 22.9 Å². The first kappa shape index (κ1) is 14.0. The Labute approximate surface area is 117 Å². The second-order valence-corrected chi connectivity index (χ2v) is 5.94. The Hall–Kier alpha value is -0.450. The molecule has 1 aliphatic carbocycles. The Balaban J connectivity index is 1.99. The van der Waals surface area contributed by atoms with E-state index in [0.717, 1.165) is 10.0 Å². The van der Waals surface area contributed by atoms with Crippen LogP contribution in [-0.4, -0.2) is 22.7 Å². The van der Waals surface area contributed by atoms with E-state index in [2.05, 4.69) is 26.2 Å². The van der Waals surface area contributed by atoms with E-state index in [1.54, 1.807) is 6.20 Å². The van der Waals surface area contributed by atoms with Crippen LogP contribution in [0.1, 0.15) is 50.1 Å². The predicted molar refractivity (Wildman–Crippen MR) is 76.4 cm³/mol. The maximum atomic E-state index is 9.57. The van der Waals surface area contributed by atoms with E-state index in [-0.39, 0.29) is 12.6 Å². The fourth-order valence-corrected chi connectivity index (χ4v) is 2.99. The molecule has 0 spiro atoms. The van der Waals surface area contributed by atoms with Crippen LogP contribution in [0.25, 0.3) is 0 Å². The molecule has 0 bridgehead atoms. The predicted octanol–water partition coefficient (Wildman–Crippen LogP) is 3.19. The summed E-state index contributed by atoms with van der Waals surface area (Å²) in [7, 11) is 0. The van der Waals surface area contributed by atoms with E-state index in [1.807, 2.05) is 12.3 Å². The molecule has 1 aromatic rings. The van der Waals surface area contributed by atoms with Gasteiger partial charge in [-0.1, -0.05) is 25.7 Å². The van der Waals surface area contributed by atoms with Crippen molar-refractivity contribution >= 4 is 15.9 Å². The normalized spacial score (nSPS) is 19.4. The second kappa shape index (κ2) is 7.22. The number of aliphatic hydroxyl groups excluding tert-OH is 1. The van der Waals surface area contributed by atoms with Crippen LogP contribution in [0.5, 0.6) is 0 Å². The largest absolute Gasteiger partial charge is 0.394 e. The molecule has 1 unspecified atom stereocenters. The number of halogens is 1. The number of aliphatic hydroxyl groups is 1. The van der Waals surface area contributed by atoms with Crippen molar-refractivity contribution in [2.24, 2.45) is 0 Å². The molecule has 2 rings (SSSR count). The summed E-state index contributed by atoms with van der Waals surface area (Å²) in [5.74, 6) is 0. The standard InChI is InChI=1S/C14H21BrN2O/c15-12-7-11(8-16-9-12)14(10-18)17-13-5-3-1-2-4-6-13/h7-9,13-14,17-18H,1-6,10H2. The minimum absolute atomic E-state index is 0.00176. The molecule has 1 saturated carbocycles. The van der Waals surface area contributed by atoms with Crippen LogP contribution in [0.4, 0.5) is 0 Å². The third kappa shape index (κ3) is 4.04. The van der Waals surface area contributed by atoms with Crippen LogP contribution in [0, 0.1) is 0 Å². The Bertz CT molecular complexity index is 365. The zero-order chi connectivity index (χ0) is 12.8. The van der Waals surface area contributed by atoms with Gasteiger partial charge in [-0.3, -0.25) is 4.98 Å². The smallest absolute Gasteiger partial charge is 0.0627 e. The van der Waals surface area contributed by atoms with Gasteiger partial charge < -0.3 is 10.4 Å². The summed E-state index contributed by atoms with van der Waals surface area (Å²) in [6, 6.07) is 2.55. The van der Waals surface area contributed by atoms with Gasteiger partial charge in [-0.2, -0.15) is 0 Å². The molecule has 1 aliphatic rings. The zero-order valence-corrected chi connectivity index (χ0v) is 12.2. The van der Waals surface area contributed by atoms with Gasteiger partial charge in [-0.05, 0) is 40.4 Å². The van der Waals surface area contributed by atoms with Crippen molar-refractivity contribution in [2.45, 2.75) is 50.6 Å². The van der Waals surface area contributed by atoms with Crippen molar-refractivity contribution in [3.63, 3.8) is 0 Å². The number of hydrogen-bond donors (Lipinski definition) is 2. The molecule has 2 N–H and O–H groups in total. The zero-order valence-electron chi connectivity index (χ0n) is 10.6. The van der Waals surface area contributed by atoms with Crippen molar-refractivity contribution in [1.82, 2.24) is 10.3 Å². The van der Waals surface area contributed by atoms with Crippen molar-refractivity contribution in [3.8, 4) is 0 Å². The second-order valence-electron chi connectivity index (χ2n) is 5.03. The Morgan fingerprint density at radius 3 is 2.61 bits per heavy atom. The number of pyridine rings is 1. The van der Waals surface area contributed by atoms with E-state index < -0.39 is 0 Å². The molecule has 100 valence electrons. The van der Waals surface area contributed by atoms with Crippen LogP contribution >= 0.6 is 15.9 Å². The molecule has 0 aliphatic heterocycles. The SMILES string of the molecule is OCC(NC1CCCCCC1)c1cncc(Br)c1. The third-order valence-corrected chi connectivity index (χ3v) is 4.04. The first-order valence-electron chi connectivity index (χ1n) is 6.77. The minimum Gasteiger partial charge on any atom is -0.394 e. The highest BCUT2D eigenvalue weighted by Gasteiger charge is 2.18. The van der Waals surface area contributed by atoms with Crippen LogP contribution in [0.2, 0.25) is 0 Å². The number of hydrogen-bond acceptors (Lipinski definition) is 3. The van der Waals surface area contributed by atoms with Gasteiger partial charge >= 0.3 is 0 Å². The molecule has 0 amide bonds. The molecule has 0 radical (unpaired) electrons. The maximum absolute atomic E-state index is 9.57. The fourth-order valence-electron chi connectivity index (χ4n) is 2.60. The lowest BCUT2D eigenvalue weighted by Gasteiger charge is -2.23. The Morgan fingerprint density at radius 1 is 1.28 bits per heavy atom. The molecule has 0 saturated heterocycles. The monoisotopic (exact) mass is 312 g/mol. The van der Waals surface area contributed by atoms with Gasteiger partial charge in [0.15, 0.2) is 0 Å². The van der Waals surface area contributed by atoms with Crippen molar-refractivity contribution < 1.29 is 5.11 Å². The first-order chi connectivity index (χ1) is 8.79. The van der Waals surface area contributed by atoms with E-state index in [9.17, 15) is 5.11 Å². The Kier molecular flexibility index (Phi) is 5.60. The van der Waals surface area contributed by atoms with Gasteiger partial charge in [-0.15, -0.1) is 0 Å². The molecule has 18 heavy (non-hydrogen) atoms. The third-order valence-electron chi connectivity index (χ3n) is 3.60. The quantitative estimate of drug-likeness (QED) is 0.839. The summed E-state index contributed by atoms with van der Waals surface area (Å²) in [6.07, 6.45) is 11.3. The average molecular weight is 313 g/mol. The summed E-state index contributed by atoms with van der Waals surface area (Å²) in [4.78, 5) is 4.17. The van der Waals surface area contributed by atoms with Crippen LogP contribution in [0.3, 0.4) is 0 Å². The number of nitrogens with one attached hydrogen (secondary N) is 1. The highest BCUT2D eigenvalue weighted by Crippen LogP contribution is 2.22. The summed E-state index contributed by atoms with van der Waals surface area (Å²) in [6.45, 7) is 0.120. The van der Waals surface area contributed by atoms with Crippen LogP contribution in [0.15, 0.2) is 22.9 Å². The van der Waals surface area contributed by atoms with Crippen molar-refractivity contribution in [3.05, 3.63) is 28.5 Å². The number of nitrogens with zero attached hydrogens (tertiary/aromatic N) is 1. The topological polar surface area (TPSA) is 45.1 Å². The van der Waals surface area contributed by atoms with E-state index in [1.165, 1.54) is 38.5 Å². The lowest BCUT2D eigenvalue weighted by atomic mass is 10.0. The van der Waals surface area contributed by atoms with E-state index in [0.29, 0.717) is 6.04 Å². The number of aromatic nitrogens is 1. The van der Waals surface area contributed by atoms with Gasteiger partial charge in [0.2, 0.25) is 0 Å². The average Bonchev–Trinajstić information content (AvgIpc) is 2.64. The minimum atomic E-state index is -0.00176. The van der Waals surface area contributed by atoms with Gasteiger partial charge in [0.25, 0.3) is 0 Å². The first-order valence-corrected chi connectivity index (χ1v) is 7.56. The summed E-state index contributed by atoms with van der Waals surface area (Å²) >= 11 is 3.43. The maximum Gasteiger partial charge on any atom is 0.0627 e. The molecule has 1 heterocycles. The molecular formula is C14H21BrN2O. The van der Waals surface area contributed by atoms with Crippen LogP contribution < -0.4 is 5.32 Å². The number of rotatable bonds is 4. The molecule has 4 heteroatoms. The summed E-state index contributed by atoms with van der Waals surface area (Å²) < 4.78 is 0.959. The summed E-state index contributed by atoms with van der Waals surface area (Å²) in [5, 5.41) is 13.1. The molecule has 1 aromatic heterocycles. The van der Waals surface area contributed by atoms with Gasteiger partial charge in [0.1, 0.15) is 0 Å². The van der Waals surface area contributed by atoms with Crippen LogP contribution in [-0.2, 0) is 0 Å². The fraction of sp³-hybridized carbons (Fsp3) is 0.643. The van der Waals surface area contributed by atoms with E-state index >= 15 is 0 Å². The van der Waals surface area contributed by atoms with Crippen molar-refractivity contribution in [2.75, 3.05) is 6.61 Å². The lowest BCUT2D eigenvalue weighted by molar-refractivity contribution is 0.228. The molecule has 3 nitrogen and oxygen atoms in total. The molecule has 1 atom stereocenters. The van der Waals surface area contributed by atoms with E-state index in [4.69, 9.17) is 0 Å². The Morgan fingerprint density at radius 2 is 2.00 bits per heavy atom. The summed E-state index contributed by atoms with van der Waals surface area (Å²) in [5.41, 5.74) is 1.05. The molecule has 1 fully saturated rings. The highest BCUT2D eigenvalue weighted by atomic mass is 79.9.